The largest absolute Gasteiger partial charge is 0.422 e. The SMILES string of the molecule is Cc1ccc(Cl)c(OC(=O)/C=C/c2ccc(Cl)c(Cl)c2)c1. The van der Waals surface area contributed by atoms with Crippen LogP contribution in [-0.4, -0.2) is 5.97 Å². The minimum absolute atomic E-state index is 0.334. The van der Waals surface area contributed by atoms with Crippen LogP contribution in [-0.2, 0) is 4.79 Å². The second-order valence-electron chi connectivity index (χ2n) is 4.36. The average molecular weight is 342 g/mol. The van der Waals surface area contributed by atoms with E-state index in [1.807, 2.05) is 13.0 Å². The Kier molecular flexibility index (Phi) is 5.29. The van der Waals surface area contributed by atoms with Crippen LogP contribution in [0, 0.1) is 6.92 Å². The van der Waals surface area contributed by atoms with Crippen LogP contribution in [0.5, 0.6) is 5.75 Å². The van der Waals surface area contributed by atoms with Crippen molar-refractivity contribution in [3.05, 3.63) is 68.7 Å². The first-order valence-corrected chi connectivity index (χ1v) is 7.20. The molecular weight excluding hydrogens is 331 g/mol. The van der Waals surface area contributed by atoms with E-state index in [2.05, 4.69) is 0 Å². The number of halogens is 3. The molecule has 0 aromatic heterocycles. The minimum atomic E-state index is -0.520. The Morgan fingerprint density at radius 1 is 1.00 bits per heavy atom. The maximum absolute atomic E-state index is 11.8. The van der Waals surface area contributed by atoms with Crippen molar-refractivity contribution >= 4 is 46.8 Å². The number of aryl methyl sites for hydroxylation is 1. The van der Waals surface area contributed by atoms with Gasteiger partial charge in [0.05, 0.1) is 15.1 Å². The van der Waals surface area contributed by atoms with Gasteiger partial charge in [-0.2, -0.15) is 0 Å². The van der Waals surface area contributed by atoms with Crippen molar-refractivity contribution in [2.75, 3.05) is 0 Å². The molecule has 0 amide bonds. The summed E-state index contributed by atoms with van der Waals surface area (Å²) in [6.07, 6.45) is 2.90. The molecule has 2 nitrogen and oxygen atoms in total. The van der Waals surface area contributed by atoms with Gasteiger partial charge >= 0.3 is 5.97 Å². The number of esters is 1. The van der Waals surface area contributed by atoms with Crippen molar-refractivity contribution in [3.63, 3.8) is 0 Å². The van der Waals surface area contributed by atoms with Crippen LogP contribution in [0.2, 0.25) is 15.1 Å². The van der Waals surface area contributed by atoms with Crippen LogP contribution in [0.25, 0.3) is 6.08 Å². The first kappa shape index (κ1) is 15.9. The van der Waals surface area contributed by atoms with Gasteiger partial charge in [-0.15, -0.1) is 0 Å². The molecule has 0 unspecified atom stereocenters. The molecule has 0 N–H and O–H groups in total. The van der Waals surface area contributed by atoms with Crippen molar-refractivity contribution in [2.45, 2.75) is 6.92 Å². The fourth-order valence-corrected chi connectivity index (χ4v) is 2.07. The van der Waals surface area contributed by atoms with E-state index in [4.69, 9.17) is 39.5 Å². The summed E-state index contributed by atoms with van der Waals surface area (Å²) in [4.78, 5) is 11.8. The van der Waals surface area contributed by atoms with Gasteiger partial charge in [-0.05, 0) is 48.4 Å². The van der Waals surface area contributed by atoms with Crippen molar-refractivity contribution in [1.82, 2.24) is 0 Å². The lowest BCUT2D eigenvalue weighted by Crippen LogP contribution is -2.04. The third-order valence-corrected chi connectivity index (χ3v) is 3.70. The quantitative estimate of drug-likeness (QED) is 0.414. The molecule has 2 aromatic carbocycles. The minimum Gasteiger partial charge on any atom is -0.422 e. The molecule has 0 aliphatic heterocycles. The van der Waals surface area contributed by atoms with Gasteiger partial charge < -0.3 is 4.74 Å². The summed E-state index contributed by atoms with van der Waals surface area (Å²) < 4.78 is 5.18. The molecule has 108 valence electrons. The van der Waals surface area contributed by atoms with Crippen LogP contribution in [0.4, 0.5) is 0 Å². The molecule has 0 atom stereocenters. The highest BCUT2D eigenvalue weighted by Gasteiger charge is 2.06. The van der Waals surface area contributed by atoms with Crippen molar-refractivity contribution < 1.29 is 9.53 Å². The Bertz CT molecular complexity index is 709. The summed E-state index contributed by atoms with van der Waals surface area (Å²) in [7, 11) is 0. The molecular formula is C16H11Cl3O2. The third-order valence-electron chi connectivity index (χ3n) is 2.65. The van der Waals surface area contributed by atoms with Crippen LogP contribution in [0.15, 0.2) is 42.5 Å². The maximum atomic E-state index is 11.8. The van der Waals surface area contributed by atoms with Gasteiger partial charge in [0, 0.05) is 6.08 Å². The first-order chi connectivity index (χ1) is 9.95. The van der Waals surface area contributed by atoms with E-state index in [9.17, 15) is 4.79 Å². The number of hydrogen-bond acceptors (Lipinski definition) is 2. The monoisotopic (exact) mass is 340 g/mol. The molecule has 0 bridgehead atoms. The number of hydrogen-bond donors (Lipinski definition) is 0. The van der Waals surface area contributed by atoms with E-state index >= 15 is 0 Å². The Labute approximate surface area is 137 Å². The van der Waals surface area contributed by atoms with E-state index in [1.54, 1.807) is 36.4 Å². The van der Waals surface area contributed by atoms with Gasteiger partial charge in [0.25, 0.3) is 0 Å². The number of carbonyl (C=O) groups excluding carboxylic acids is 1. The molecule has 2 rings (SSSR count). The van der Waals surface area contributed by atoms with Gasteiger partial charge in [-0.25, -0.2) is 4.79 Å². The fraction of sp³-hybridized carbons (Fsp3) is 0.0625. The molecule has 0 heterocycles. The molecule has 0 spiro atoms. The Balaban J connectivity index is 2.09. The van der Waals surface area contributed by atoms with Crippen LogP contribution < -0.4 is 4.74 Å². The van der Waals surface area contributed by atoms with E-state index in [0.717, 1.165) is 11.1 Å². The van der Waals surface area contributed by atoms with Gasteiger partial charge in [0.1, 0.15) is 5.75 Å². The van der Waals surface area contributed by atoms with Crippen LogP contribution >= 0.6 is 34.8 Å². The average Bonchev–Trinajstić information content (AvgIpc) is 2.44. The van der Waals surface area contributed by atoms with E-state index < -0.39 is 5.97 Å². The summed E-state index contributed by atoms with van der Waals surface area (Å²) in [5.41, 5.74) is 1.70. The predicted octanol–water partition coefficient (Wildman–Crippen LogP) is 5.57. The van der Waals surface area contributed by atoms with Gasteiger partial charge in [-0.1, -0.05) is 46.9 Å². The number of rotatable bonds is 3. The Morgan fingerprint density at radius 2 is 1.71 bits per heavy atom. The standard InChI is InChI=1S/C16H11Cl3O2/c1-10-2-5-13(18)15(8-10)21-16(20)7-4-11-3-6-12(17)14(19)9-11/h2-9H,1H3/b7-4+. The van der Waals surface area contributed by atoms with Crippen LogP contribution in [0.1, 0.15) is 11.1 Å². The van der Waals surface area contributed by atoms with E-state index in [-0.39, 0.29) is 0 Å². The van der Waals surface area contributed by atoms with Gasteiger partial charge in [0.15, 0.2) is 0 Å². The fourth-order valence-electron chi connectivity index (χ4n) is 1.61. The second-order valence-corrected chi connectivity index (χ2v) is 5.58. The summed E-state index contributed by atoms with van der Waals surface area (Å²) in [6, 6.07) is 10.3. The topological polar surface area (TPSA) is 26.3 Å². The van der Waals surface area contributed by atoms with Gasteiger partial charge in [0.2, 0.25) is 0 Å². The zero-order valence-corrected chi connectivity index (χ0v) is 13.3. The van der Waals surface area contributed by atoms with Crippen molar-refractivity contribution in [3.8, 4) is 5.75 Å². The lowest BCUT2D eigenvalue weighted by atomic mass is 10.2. The van der Waals surface area contributed by atoms with Gasteiger partial charge in [-0.3, -0.25) is 0 Å². The lowest BCUT2D eigenvalue weighted by molar-refractivity contribution is -0.128. The van der Waals surface area contributed by atoms with Crippen molar-refractivity contribution in [2.24, 2.45) is 0 Å². The first-order valence-electron chi connectivity index (χ1n) is 6.07. The summed E-state index contributed by atoms with van der Waals surface area (Å²) in [5.74, 6) is -0.186. The van der Waals surface area contributed by atoms with Crippen LogP contribution in [0.3, 0.4) is 0 Å². The highest BCUT2D eigenvalue weighted by Crippen LogP contribution is 2.26. The number of benzene rings is 2. The van der Waals surface area contributed by atoms with E-state index in [1.165, 1.54) is 6.08 Å². The molecule has 0 saturated carbocycles. The highest BCUT2D eigenvalue weighted by atomic mass is 35.5. The number of ether oxygens (including phenoxy) is 1. The third kappa shape index (κ3) is 4.50. The smallest absolute Gasteiger partial charge is 0.336 e. The Hall–Kier alpha value is -1.48. The molecule has 5 heteroatoms. The maximum Gasteiger partial charge on any atom is 0.336 e. The molecule has 0 radical (unpaired) electrons. The van der Waals surface area contributed by atoms with E-state index in [0.29, 0.717) is 20.8 Å². The molecule has 2 aromatic rings. The van der Waals surface area contributed by atoms with Crippen molar-refractivity contribution in [1.29, 1.82) is 0 Å². The summed E-state index contributed by atoms with van der Waals surface area (Å²) >= 11 is 17.7. The predicted molar refractivity (Wildman–Crippen MR) is 87.3 cm³/mol. The summed E-state index contributed by atoms with van der Waals surface area (Å²) in [5, 5.41) is 1.27. The molecule has 21 heavy (non-hydrogen) atoms. The zero-order valence-electron chi connectivity index (χ0n) is 11.1. The zero-order chi connectivity index (χ0) is 15.4. The second kappa shape index (κ2) is 6.99. The lowest BCUT2D eigenvalue weighted by Gasteiger charge is -2.04. The normalized spacial score (nSPS) is 10.9. The molecule has 0 aliphatic rings. The Morgan fingerprint density at radius 3 is 2.43 bits per heavy atom. The highest BCUT2D eigenvalue weighted by molar-refractivity contribution is 6.42. The molecule has 0 saturated heterocycles. The summed E-state index contributed by atoms with van der Waals surface area (Å²) in [6.45, 7) is 1.89. The molecule has 0 fully saturated rings. The number of carbonyl (C=O) groups is 1. The molecule has 0 aliphatic carbocycles.